The first-order valence-corrected chi connectivity index (χ1v) is 7.19. The molecule has 0 radical (unpaired) electrons. The first kappa shape index (κ1) is 13.0. The molecule has 94 valence electrons. The molecule has 0 saturated heterocycles. The van der Waals surface area contributed by atoms with E-state index in [2.05, 4.69) is 43.3 Å². The molecule has 0 saturated carbocycles. The fraction of sp³-hybridized carbons (Fsp3) is 0.250. The second-order valence-electron chi connectivity index (χ2n) is 4.33. The van der Waals surface area contributed by atoms with Crippen molar-refractivity contribution in [2.75, 3.05) is 7.11 Å². The third-order valence-electron chi connectivity index (χ3n) is 2.82. The second kappa shape index (κ2) is 6.50. The Kier molecular flexibility index (Phi) is 4.71. The van der Waals surface area contributed by atoms with E-state index in [0.717, 1.165) is 17.3 Å². The molecule has 0 N–H and O–H groups in total. The van der Waals surface area contributed by atoms with Crippen molar-refractivity contribution < 1.29 is 4.74 Å². The van der Waals surface area contributed by atoms with Gasteiger partial charge in [-0.15, -0.1) is 0 Å². The van der Waals surface area contributed by atoms with E-state index in [9.17, 15) is 0 Å². The zero-order valence-electron chi connectivity index (χ0n) is 10.8. The summed E-state index contributed by atoms with van der Waals surface area (Å²) in [4.78, 5) is 0. The number of ether oxygens (including phenoxy) is 1. The zero-order valence-corrected chi connectivity index (χ0v) is 11.7. The molecule has 0 heterocycles. The third kappa shape index (κ3) is 3.81. The predicted octanol–water partition coefficient (Wildman–Crippen LogP) is 4.44. The molecule has 2 aromatic rings. The van der Waals surface area contributed by atoms with Crippen LogP contribution in [0.3, 0.4) is 0 Å². The summed E-state index contributed by atoms with van der Waals surface area (Å²) in [6.07, 6.45) is 0. The van der Waals surface area contributed by atoms with Gasteiger partial charge in [-0.1, -0.05) is 42.0 Å². The molecule has 0 unspecified atom stereocenters. The zero-order chi connectivity index (χ0) is 12.8. The maximum Gasteiger partial charge on any atom is 0.118 e. The van der Waals surface area contributed by atoms with Crippen LogP contribution in [0.5, 0.6) is 5.75 Å². The number of benzene rings is 2. The van der Waals surface area contributed by atoms with Gasteiger partial charge in [0.1, 0.15) is 5.75 Å². The van der Waals surface area contributed by atoms with Crippen LogP contribution < -0.4 is 4.74 Å². The molecular weight excluding hydrogens is 240 g/mol. The lowest BCUT2D eigenvalue weighted by Gasteiger charge is -2.04. The Labute approximate surface area is 113 Å². The molecule has 0 amide bonds. The van der Waals surface area contributed by atoms with E-state index < -0.39 is 0 Å². The minimum atomic E-state index is 0.919. The summed E-state index contributed by atoms with van der Waals surface area (Å²) < 4.78 is 5.15. The predicted molar refractivity (Wildman–Crippen MR) is 79.2 cm³/mol. The Morgan fingerprint density at radius 2 is 1.33 bits per heavy atom. The standard InChI is InChI=1S/C16H18OS/c1-13-3-5-14(6-4-13)11-18-12-15-7-9-16(17-2)10-8-15/h3-10H,11-12H2,1-2H3. The van der Waals surface area contributed by atoms with Crippen molar-refractivity contribution in [1.29, 1.82) is 0 Å². The lowest BCUT2D eigenvalue weighted by molar-refractivity contribution is 0.414. The molecule has 0 aliphatic rings. The molecule has 0 aromatic heterocycles. The first-order valence-electron chi connectivity index (χ1n) is 6.04. The van der Waals surface area contributed by atoms with Crippen LogP contribution in [0.15, 0.2) is 48.5 Å². The minimum absolute atomic E-state index is 0.919. The Hall–Kier alpha value is -1.41. The Bertz CT molecular complexity index is 473. The fourth-order valence-corrected chi connectivity index (χ4v) is 2.65. The average Bonchev–Trinajstić information content (AvgIpc) is 2.42. The van der Waals surface area contributed by atoms with Crippen molar-refractivity contribution in [3.63, 3.8) is 0 Å². The summed E-state index contributed by atoms with van der Waals surface area (Å²) in [5.74, 6) is 3.02. The summed E-state index contributed by atoms with van der Waals surface area (Å²) in [6, 6.07) is 17.0. The molecule has 0 spiro atoms. The third-order valence-corrected chi connectivity index (χ3v) is 3.89. The molecule has 0 fully saturated rings. The van der Waals surface area contributed by atoms with Gasteiger partial charge in [0.2, 0.25) is 0 Å². The van der Waals surface area contributed by atoms with Gasteiger partial charge in [-0.3, -0.25) is 0 Å². The quantitative estimate of drug-likeness (QED) is 0.784. The number of hydrogen-bond donors (Lipinski definition) is 0. The normalized spacial score (nSPS) is 10.3. The number of aryl methyl sites for hydroxylation is 1. The van der Waals surface area contributed by atoms with E-state index >= 15 is 0 Å². The van der Waals surface area contributed by atoms with Gasteiger partial charge in [-0.25, -0.2) is 0 Å². The van der Waals surface area contributed by atoms with E-state index in [-0.39, 0.29) is 0 Å². The lowest BCUT2D eigenvalue weighted by Crippen LogP contribution is -1.86. The van der Waals surface area contributed by atoms with E-state index in [1.54, 1.807) is 7.11 Å². The van der Waals surface area contributed by atoms with E-state index in [1.807, 2.05) is 23.9 Å². The van der Waals surface area contributed by atoms with Crippen LogP contribution >= 0.6 is 11.8 Å². The average molecular weight is 258 g/mol. The SMILES string of the molecule is COc1ccc(CSCc2ccc(C)cc2)cc1. The van der Waals surface area contributed by atoms with Crippen molar-refractivity contribution in [3.05, 3.63) is 65.2 Å². The van der Waals surface area contributed by atoms with Crippen LogP contribution in [0.1, 0.15) is 16.7 Å². The molecular formula is C16H18OS. The van der Waals surface area contributed by atoms with Crippen LogP contribution in [-0.4, -0.2) is 7.11 Å². The van der Waals surface area contributed by atoms with Crippen LogP contribution in [0, 0.1) is 6.92 Å². The molecule has 0 bridgehead atoms. The molecule has 0 aliphatic heterocycles. The smallest absolute Gasteiger partial charge is 0.118 e. The number of rotatable bonds is 5. The minimum Gasteiger partial charge on any atom is -0.497 e. The molecule has 0 aliphatic carbocycles. The molecule has 2 aromatic carbocycles. The summed E-state index contributed by atoms with van der Waals surface area (Å²) in [6.45, 7) is 2.12. The monoisotopic (exact) mass is 258 g/mol. The Morgan fingerprint density at radius 3 is 1.83 bits per heavy atom. The highest BCUT2D eigenvalue weighted by atomic mass is 32.2. The van der Waals surface area contributed by atoms with Gasteiger partial charge in [0.25, 0.3) is 0 Å². The van der Waals surface area contributed by atoms with Gasteiger partial charge >= 0.3 is 0 Å². The highest BCUT2D eigenvalue weighted by Gasteiger charge is 1.97. The molecule has 18 heavy (non-hydrogen) atoms. The highest BCUT2D eigenvalue weighted by Crippen LogP contribution is 2.20. The van der Waals surface area contributed by atoms with E-state index in [4.69, 9.17) is 4.74 Å². The summed E-state index contributed by atoms with van der Waals surface area (Å²) in [7, 11) is 1.70. The maximum atomic E-state index is 5.15. The van der Waals surface area contributed by atoms with Crippen molar-refractivity contribution >= 4 is 11.8 Å². The highest BCUT2D eigenvalue weighted by molar-refractivity contribution is 7.97. The first-order chi connectivity index (χ1) is 8.78. The summed E-state index contributed by atoms with van der Waals surface area (Å²) >= 11 is 1.94. The van der Waals surface area contributed by atoms with Gasteiger partial charge in [0, 0.05) is 11.5 Å². The fourth-order valence-electron chi connectivity index (χ4n) is 1.69. The van der Waals surface area contributed by atoms with Crippen LogP contribution in [-0.2, 0) is 11.5 Å². The van der Waals surface area contributed by atoms with Crippen molar-refractivity contribution in [2.45, 2.75) is 18.4 Å². The molecule has 1 nitrogen and oxygen atoms in total. The van der Waals surface area contributed by atoms with E-state index in [1.165, 1.54) is 16.7 Å². The van der Waals surface area contributed by atoms with Crippen molar-refractivity contribution in [3.8, 4) is 5.75 Å². The topological polar surface area (TPSA) is 9.23 Å². The molecule has 0 atom stereocenters. The number of thioether (sulfide) groups is 1. The van der Waals surface area contributed by atoms with Crippen molar-refractivity contribution in [2.24, 2.45) is 0 Å². The Morgan fingerprint density at radius 1 is 0.833 bits per heavy atom. The van der Waals surface area contributed by atoms with Gasteiger partial charge in [-0.05, 0) is 30.2 Å². The van der Waals surface area contributed by atoms with Crippen LogP contribution in [0.25, 0.3) is 0 Å². The number of hydrogen-bond acceptors (Lipinski definition) is 2. The largest absolute Gasteiger partial charge is 0.497 e. The second-order valence-corrected chi connectivity index (χ2v) is 5.31. The lowest BCUT2D eigenvalue weighted by atomic mass is 10.2. The summed E-state index contributed by atoms with van der Waals surface area (Å²) in [5.41, 5.74) is 4.05. The van der Waals surface area contributed by atoms with Crippen molar-refractivity contribution in [1.82, 2.24) is 0 Å². The van der Waals surface area contributed by atoms with E-state index in [0.29, 0.717) is 0 Å². The van der Waals surface area contributed by atoms with Gasteiger partial charge in [0.15, 0.2) is 0 Å². The van der Waals surface area contributed by atoms with Gasteiger partial charge in [-0.2, -0.15) is 11.8 Å². The molecule has 2 rings (SSSR count). The maximum absolute atomic E-state index is 5.15. The van der Waals surface area contributed by atoms with Crippen LogP contribution in [0.2, 0.25) is 0 Å². The number of methoxy groups -OCH3 is 1. The van der Waals surface area contributed by atoms with Gasteiger partial charge in [0.05, 0.1) is 7.11 Å². The van der Waals surface area contributed by atoms with Gasteiger partial charge < -0.3 is 4.74 Å². The van der Waals surface area contributed by atoms with Crippen LogP contribution in [0.4, 0.5) is 0 Å². The Balaban J connectivity index is 1.82. The molecule has 2 heteroatoms. The summed E-state index contributed by atoms with van der Waals surface area (Å²) in [5, 5.41) is 0.